The number of thioether (sulfide) groups is 1. The molecule has 0 aliphatic rings. The number of halogens is 1. The number of carboxylic acids is 1. The fourth-order valence-electron chi connectivity index (χ4n) is 2.12. The van der Waals surface area contributed by atoms with Crippen molar-refractivity contribution >= 4 is 28.8 Å². The van der Waals surface area contributed by atoms with Gasteiger partial charge in [0, 0.05) is 12.1 Å². The van der Waals surface area contributed by atoms with Crippen molar-refractivity contribution in [1.29, 1.82) is 0 Å². The van der Waals surface area contributed by atoms with Gasteiger partial charge < -0.3 is 9.67 Å². The molecule has 1 unspecified atom stereocenters. The molecule has 0 radical (unpaired) electrons. The molecule has 1 atom stereocenters. The molecule has 0 fully saturated rings. The van der Waals surface area contributed by atoms with Crippen molar-refractivity contribution in [2.24, 2.45) is 5.92 Å². The summed E-state index contributed by atoms with van der Waals surface area (Å²) in [5, 5.41) is 9.48. The van der Waals surface area contributed by atoms with Crippen molar-refractivity contribution in [3.05, 3.63) is 23.5 Å². The van der Waals surface area contributed by atoms with Gasteiger partial charge in [0.25, 0.3) is 0 Å². The number of aromatic nitrogens is 2. The second kappa shape index (κ2) is 6.05. The summed E-state index contributed by atoms with van der Waals surface area (Å²) < 4.78 is 15.7. The number of carboxylic acid groups (broad SMARTS) is 1. The first-order chi connectivity index (χ1) is 9.81. The predicted molar refractivity (Wildman–Crippen MR) is 82.3 cm³/mol. The predicted octanol–water partition coefficient (Wildman–Crippen LogP) is 3.88. The molecular weight excluding hydrogens is 291 g/mol. The number of benzene rings is 1. The molecule has 0 saturated carbocycles. The number of rotatable bonds is 5. The molecule has 1 aromatic heterocycles. The number of imidazole rings is 1. The lowest BCUT2D eigenvalue weighted by Crippen LogP contribution is -2.13. The van der Waals surface area contributed by atoms with Gasteiger partial charge in [-0.1, -0.05) is 25.6 Å². The van der Waals surface area contributed by atoms with Crippen molar-refractivity contribution in [2.75, 3.05) is 5.75 Å². The third-order valence-electron chi connectivity index (χ3n) is 3.63. The average molecular weight is 310 g/mol. The van der Waals surface area contributed by atoms with Gasteiger partial charge in [0.05, 0.1) is 16.8 Å². The Bertz CT molecular complexity index is 682. The second-order valence-electron chi connectivity index (χ2n) is 5.52. The molecule has 6 heteroatoms. The van der Waals surface area contributed by atoms with Crippen LogP contribution in [0.4, 0.5) is 4.39 Å². The Hall–Kier alpha value is -1.56. The minimum Gasteiger partial charge on any atom is -0.481 e. The van der Waals surface area contributed by atoms with Gasteiger partial charge in [-0.15, -0.1) is 0 Å². The fourth-order valence-corrected chi connectivity index (χ4v) is 2.94. The van der Waals surface area contributed by atoms with E-state index >= 15 is 0 Å². The van der Waals surface area contributed by atoms with Crippen LogP contribution in [0.5, 0.6) is 0 Å². The van der Waals surface area contributed by atoms with Crippen LogP contribution >= 0.6 is 11.8 Å². The van der Waals surface area contributed by atoms with Crippen LogP contribution in [0.25, 0.3) is 11.0 Å². The summed E-state index contributed by atoms with van der Waals surface area (Å²) in [6.45, 7) is 7.97. The normalized spacial score (nSPS) is 13.0. The van der Waals surface area contributed by atoms with Crippen molar-refractivity contribution in [1.82, 2.24) is 9.55 Å². The maximum absolute atomic E-state index is 13.7. The highest BCUT2D eigenvalue weighted by Gasteiger charge is 2.20. The Morgan fingerprint density at radius 2 is 2.10 bits per heavy atom. The van der Waals surface area contributed by atoms with E-state index in [1.165, 1.54) is 17.8 Å². The smallest absolute Gasteiger partial charge is 0.313 e. The molecule has 0 spiro atoms. The third kappa shape index (κ3) is 3.20. The lowest BCUT2D eigenvalue weighted by Gasteiger charge is -2.20. The molecule has 2 rings (SSSR count). The van der Waals surface area contributed by atoms with Crippen LogP contribution in [0.3, 0.4) is 0 Å². The summed E-state index contributed by atoms with van der Waals surface area (Å²) in [4.78, 5) is 15.2. The summed E-state index contributed by atoms with van der Waals surface area (Å²) in [6.07, 6.45) is 0. The molecule has 0 aliphatic heterocycles. The molecule has 0 amide bonds. The van der Waals surface area contributed by atoms with E-state index < -0.39 is 5.97 Å². The summed E-state index contributed by atoms with van der Waals surface area (Å²) in [5.74, 6) is -0.885. The molecule has 114 valence electrons. The lowest BCUT2D eigenvalue weighted by atomic mass is 10.1. The molecule has 21 heavy (non-hydrogen) atoms. The number of aliphatic carboxylic acids is 1. The summed E-state index contributed by atoms with van der Waals surface area (Å²) in [5.41, 5.74) is 1.98. The number of hydrogen-bond acceptors (Lipinski definition) is 3. The zero-order valence-corrected chi connectivity index (χ0v) is 13.4. The number of nitrogens with zero attached hydrogens (tertiary/aromatic N) is 2. The summed E-state index contributed by atoms with van der Waals surface area (Å²) in [7, 11) is 0. The molecule has 1 heterocycles. The van der Waals surface area contributed by atoms with Crippen LogP contribution < -0.4 is 0 Å². The number of fused-ring (bicyclic) bond motifs is 1. The summed E-state index contributed by atoms with van der Waals surface area (Å²) in [6, 6.07) is 3.34. The van der Waals surface area contributed by atoms with Crippen LogP contribution in [0.1, 0.15) is 32.4 Å². The minimum absolute atomic E-state index is 0.0599. The lowest BCUT2D eigenvalue weighted by molar-refractivity contribution is -0.133. The fraction of sp³-hybridized carbons (Fsp3) is 0.467. The molecule has 0 bridgehead atoms. The maximum atomic E-state index is 13.7. The Kier molecular flexibility index (Phi) is 4.56. The van der Waals surface area contributed by atoms with E-state index in [4.69, 9.17) is 5.11 Å². The molecule has 1 aromatic carbocycles. The van der Waals surface area contributed by atoms with E-state index in [0.717, 1.165) is 5.52 Å². The first-order valence-corrected chi connectivity index (χ1v) is 7.82. The van der Waals surface area contributed by atoms with Gasteiger partial charge in [-0.2, -0.15) is 0 Å². The molecule has 4 nitrogen and oxygen atoms in total. The van der Waals surface area contributed by atoms with Gasteiger partial charge in [0.2, 0.25) is 0 Å². The highest BCUT2D eigenvalue weighted by atomic mass is 32.2. The molecule has 1 N–H and O–H groups in total. The SMILES string of the molecule is Cc1cc2c(cc1F)nc(SCC(=O)O)n2C(C)C(C)C. The number of carbonyl (C=O) groups is 1. The van der Waals surface area contributed by atoms with E-state index in [1.54, 1.807) is 13.0 Å². The largest absolute Gasteiger partial charge is 0.481 e. The zero-order chi connectivity index (χ0) is 15.7. The van der Waals surface area contributed by atoms with Gasteiger partial charge in [-0.25, -0.2) is 9.37 Å². The zero-order valence-electron chi connectivity index (χ0n) is 12.6. The standard InChI is InChI=1S/C15H19FN2O2S/c1-8(2)10(4)18-13-5-9(3)11(16)6-12(13)17-15(18)21-7-14(19)20/h5-6,8,10H,7H2,1-4H3,(H,19,20). The number of hydrogen-bond donors (Lipinski definition) is 1. The molecular formula is C15H19FN2O2S. The van der Waals surface area contributed by atoms with Crippen molar-refractivity contribution in [3.8, 4) is 0 Å². The van der Waals surface area contributed by atoms with Crippen LogP contribution in [-0.2, 0) is 4.79 Å². The van der Waals surface area contributed by atoms with Crippen LogP contribution in [0.2, 0.25) is 0 Å². The Balaban J connectivity index is 2.59. The van der Waals surface area contributed by atoms with Gasteiger partial charge in [0.15, 0.2) is 5.16 Å². The Labute approximate surface area is 127 Å². The Morgan fingerprint density at radius 3 is 2.67 bits per heavy atom. The van der Waals surface area contributed by atoms with E-state index in [0.29, 0.717) is 22.2 Å². The van der Waals surface area contributed by atoms with E-state index in [1.807, 2.05) is 4.57 Å². The monoisotopic (exact) mass is 310 g/mol. The van der Waals surface area contributed by atoms with E-state index in [-0.39, 0.29) is 17.6 Å². The van der Waals surface area contributed by atoms with Crippen LogP contribution in [0, 0.1) is 18.7 Å². The van der Waals surface area contributed by atoms with Crippen molar-refractivity contribution in [2.45, 2.75) is 38.9 Å². The Morgan fingerprint density at radius 1 is 1.43 bits per heavy atom. The van der Waals surface area contributed by atoms with E-state index in [9.17, 15) is 9.18 Å². The summed E-state index contributed by atoms with van der Waals surface area (Å²) >= 11 is 1.17. The maximum Gasteiger partial charge on any atom is 0.313 e. The first kappa shape index (κ1) is 15.8. The van der Waals surface area contributed by atoms with Crippen LogP contribution in [0.15, 0.2) is 17.3 Å². The molecule has 0 saturated heterocycles. The van der Waals surface area contributed by atoms with Crippen LogP contribution in [-0.4, -0.2) is 26.4 Å². The average Bonchev–Trinajstić information content (AvgIpc) is 2.73. The van der Waals surface area contributed by atoms with Gasteiger partial charge in [-0.05, 0) is 31.4 Å². The molecule has 2 aromatic rings. The minimum atomic E-state index is -0.891. The first-order valence-electron chi connectivity index (χ1n) is 6.84. The van der Waals surface area contributed by atoms with E-state index in [2.05, 4.69) is 25.8 Å². The molecule has 0 aliphatic carbocycles. The quantitative estimate of drug-likeness (QED) is 0.852. The third-order valence-corrected chi connectivity index (χ3v) is 4.57. The van der Waals surface area contributed by atoms with Gasteiger partial charge in [-0.3, -0.25) is 4.79 Å². The van der Waals surface area contributed by atoms with Crippen molar-refractivity contribution in [3.63, 3.8) is 0 Å². The number of aryl methyl sites for hydroxylation is 1. The topological polar surface area (TPSA) is 55.1 Å². The van der Waals surface area contributed by atoms with Crippen molar-refractivity contribution < 1.29 is 14.3 Å². The highest BCUT2D eigenvalue weighted by Crippen LogP contribution is 2.32. The van der Waals surface area contributed by atoms with Gasteiger partial charge in [0.1, 0.15) is 5.82 Å². The highest BCUT2D eigenvalue weighted by molar-refractivity contribution is 7.99. The second-order valence-corrected chi connectivity index (χ2v) is 6.46. The van der Waals surface area contributed by atoms with Gasteiger partial charge >= 0.3 is 5.97 Å².